The van der Waals surface area contributed by atoms with Crippen LogP contribution in [0.15, 0.2) is 10.9 Å². The van der Waals surface area contributed by atoms with Crippen molar-refractivity contribution in [1.29, 1.82) is 0 Å². The zero-order valence-electron chi connectivity index (χ0n) is 9.74. The van der Waals surface area contributed by atoms with E-state index in [0.29, 0.717) is 0 Å². The Morgan fingerprint density at radius 2 is 2.19 bits per heavy atom. The van der Waals surface area contributed by atoms with Crippen molar-refractivity contribution in [3.05, 3.63) is 16.6 Å². The standard InChI is InChI=1S/C12H21N3S/c13-12(4-1-2-5-12)6-8-14-7-3-11-9-16-10-15-11/h9-10,14H,1-8,13H2. The van der Waals surface area contributed by atoms with Crippen LogP contribution >= 0.6 is 11.3 Å². The number of thiazole rings is 1. The maximum absolute atomic E-state index is 6.29. The predicted molar refractivity (Wildman–Crippen MR) is 68.7 cm³/mol. The smallest absolute Gasteiger partial charge is 0.0794 e. The number of nitrogens with two attached hydrogens (primary N) is 1. The van der Waals surface area contributed by atoms with E-state index in [1.165, 1.54) is 31.4 Å². The second kappa shape index (κ2) is 5.75. The molecule has 3 N–H and O–H groups in total. The summed E-state index contributed by atoms with van der Waals surface area (Å²) in [7, 11) is 0. The van der Waals surface area contributed by atoms with E-state index in [9.17, 15) is 0 Å². The second-order valence-electron chi connectivity index (χ2n) is 4.80. The van der Waals surface area contributed by atoms with Gasteiger partial charge in [0.2, 0.25) is 0 Å². The van der Waals surface area contributed by atoms with Crippen LogP contribution in [0.1, 0.15) is 37.8 Å². The fraction of sp³-hybridized carbons (Fsp3) is 0.750. The quantitative estimate of drug-likeness (QED) is 0.746. The van der Waals surface area contributed by atoms with Gasteiger partial charge >= 0.3 is 0 Å². The van der Waals surface area contributed by atoms with Crippen molar-refractivity contribution >= 4 is 11.3 Å². The van der Waals surface area contributed by atoms with Crippen molar-refractivity contribution in [2.45, 2.75) is 44.1 Å². The van der Waals surface area contributed by atoms with Crippen LogP contribution in [0.5, 0.6) is 0 Å². The van der Waals surface area contributed by atoms with E-state index in [1.54, 1.807) is 11.3 Å². The Bertz CT molecular complexity index is 291. The lowest BCUT2D eigenvalue weighted by Gasteiger charge is -2.23. The molecule has 1 heterocycles. The van der Waals surface area contributed by atoms with Gasteiger partial charge in [0.1, 0.15) is 0 Å². The van der Waals surface area contributed by atoms with Gasteiger partial charge in [-0.1, -0.05) is 12.8 Å². The minimum absolute atomic E-state index is 0.133. The SMILES string of the molecule is NC1(CCNCCc2cscn2)CCCC1. The van der Waals surface area contributed by atoms with Gasteiger partial charge in [-0.2, -0.15) is 0 Å². The van der Waals surface area contributed by atoms with Gasteiger partial charge in [0, 0.05) is 23.9 Å². The average Bonchev–Trinajstić information content (AvgIpc) is 2.89. The Kier molecular flexibility index (Phi) is 4.32. The molecule has 16 heavy (non-hydrogen) atoms. The molecule has 1 aromatic heterocycles. The normalized spacial score (nSPS) is 19.1. The lowest BCUT2D eigenvalue weighted by molar-refractivity contribution is 0.394. The van der Waals surface area contributed by atoms with Gasteiger partial charge in [0.15, 0.2) is 0 Å². The number of rotatable bonds is 6. The topological polar surface area (TPSA) is 50.9 Å². The van der Waals surface area contributed by atoms with Crippen LogP contribution in [0, 0.1) is 0 Å². The molecule has 1 aliphatic rings. The number of hydrogen-bond acceptors (Lipinski definition) is 4. The van der Waals surface area contributed by atoms with Gasteiger partial charge in [-0.05, 0) is 25.8 Å². The molecule has 0 atom stereocenters. The summed E-state index contributed by atoms with van der Waals surface area (Å²) in [5.41, 5.74) is 9.50. The van der Waals surface area contributed by atoms with Gasteiger partial charge in [-0.25, -0.2) is 4.98 Å². The van der Waals surface area contributed by atoms with Crippen molar-refractivity contribution < 1.29 is 0 Å². The third kappa shape index (κ3) is 3.54. The summed E-state index contributed by atoms with van der Waals surface area (Å²) in [6, 6.07) is 0. The lowest BCUT2D eigenvalue weighted by Crippen LogP contribution is -2.39. The van der Waals surface area contributed by atoms with Gasteiger partial charge in [-0.3, -0.25) is 0 Å². The third-order valence-corrected chi connectivity index (χ3v) is 4.08. The molecule has 0 saturated heterocycles. The summed E-state index contributed by atoms with van der Waals surface area (Å²) in [6.07, 6.45) is 7.19. The number of nitrogens with zero attached hydrogens (tertiary/aromatic N) is 1. The van der Waals surface area contributed by atoms with E-state index in [2.05, 4.69) is 15.7 Å². The fourth-order valence-electron chi connectivity index (χ4n) is 2.37. The van der Waals surface area contributed by atoms with Crippen LogP contribution in [0.3, 0.4) is 0 Å². The van der Waals surface area contributed by atoms with Crippen LogP contribution in [0.25, 0.3) is 0 Å². The molecule has 0 amide bonds. The molecule has 3 nitrogen and oxygen atoms in total. The first-order valence-corrected chi connectivity index (χ1v) is 7.09. The molecule has 2 rings (SSSR count). The third-order valence-electron chi connectivity index (χ3n) is 3.44. The highest BCUT2D eigenvalue weighted by Gasteiger charge is 2.28. The Hall–Kier alpha value is -0.450. The monoisotopic (exact) mass is 239 g/mol. The summed E-state index contributed by atoms with van der Waals surface area (Å²) in [5.74, 6) is 0. The molecule has 1 fully saturated rings. The van der Waals surface area contributed by atoms with E-state index in [4.69, 9.17) is 5.73 Å². The maximum atomic E-state index is 6.29. The van der Waals surface area contributed by atoms with Gasteiger partial charge < -0.3 is 11.1 Å². The molecule has 0 aliphatic heterocycles. The van der Waals surface area contributed by atoms with E-state index >= 15 is 0 Å². The molecule has 0 unspecified atom stereocenters. The first kappa shape index (κ1) is 12.0. The lowest BCUT2D eigenvalue weighted by atomic mass is 9.95. The van der Waals surface area contributed by atoms with Gasteiger partial charge in [-0.15, -0.1) is 11.3 Å². The first-order chi connectivity index (χ1) is 7.79. The van der Waals surface area contributed by atoms with E-state index in [0.717, 1.165) is 25.9 Å². The van der Waals surface area contributed by atoms with Gasteiger partial charge in [0.25, 0.3) is 0 Å². The van der Waals surface area contributed by atoms with Crippen molar-refractivity contribution in [3.63, 3.8) is 0 Å². The largest absolute Gasteiger partial charge is 0.325 e. The molecule has 90 valence electrons. The molecule has 1 aromatic rings. The highest BCUT2D eigenvalue weighted by Crippen LogP contribution is 2.29. The number of hydrogen-bond donors (Lipinski definition) is 2. The van der Waals surface area contributed by atoms with E-state index in [-0.39, 0.29) is 5.54 Å². The Labute approximate surface area is 101 Å². The summed E-state index contributed by atoms with van der Waals surface area (Å²) >= 11 is 1.66. The van der Waals surface area contributed by atoms with Crippen LogP contribution in [0.2, 0.25) is 0 Å². The molecule has 0 spiro atoms. The fourth-order valence-corrected chi connectivity index (χ4v) is 2.96. The molecule has 0 bridgehead atoms. The molecule has 1 aliphatic carbocycles. The molecular formula is C12H21N3S. The zero-order chi connectivity index (χ0) is 11.3. The summed E-state index contributed by atoms with van der Waals surface area (Å²) < 4.78 is 0. The summed E-state index contributed by atoms with van der Waals surface area (Å²) in [5, 5.41) is 5.57. The minimum atomic E-state index is 0.133. The van der Waals surface area contributed by atoms with Gasteiger partial charge in [0.05, 0.1) is 11.2 Å². The van der Waals surface area contributed by atoms with Crippen LogP contribution in [0.4, 0.5) is 0 Å². The van der Waals surface area contributed by atoms with Crippen LogP contribution in [-0.4, -0.2) is 23.6 Å². The highest BCUT2D eigenvalue weighted by molar-refractivity contribution is 7.07. The average molecular weight is 239 g/mol. The summed E-state index contributed by atoms with van der Waals surface area (Å²) in [6.45, 7) is 2.06. The Balaban J connectivity index is 1.55. The number of aromatic nitrogens is 1. The van der Waals surface area contributed by atoms with E-state index < -0.39 is 0 Å². The zero-order valence-corrected chi connectivity index (χ0v) is 10.6. The Morgan fingerprint density at radius 3 is 2.88 bits per heavy atom. The Morgan fingerprint density at radius 1 is 1.38 bits per heavy atom. The molecule has 0 aromatic carbocycles. The maximum Gasteiger partial charge on any atom is 0.0794 e. The van der Waals surface area contributed by atoms with Crippen LogP contribution < -0.4 is 11.1 Å². The summed E-state index contributed by atoms with van der Waals surface area (Å²) in [4.78, 5) is 4.26. The molecule has 1 saturated carbocycles. The molecular weight excluding hydrogens is 218 g/mol. The van der Waals surface area contributed by atoms with Crippen molar-refractivity contribution in [2.75, 3.05) is 13.1 Å². The van der Waals surface area contributed by atoms with Crippen molar-refractivity contribution in [1.82, 2.24) is 10.3 Å². The second-order valence-corrected chi connectivity index (χ2v) is 5.52. The van der Waals surface area contributed by atoms with Crippen molar-refractivity contribution in [3.8, 4) is 0 Å². The van der Waals surface area contributed by atoms with Crippen LogP contribution in [-0.2, 0) is 6.42 Å². The predicted octanol–water partition coefficient (Wildman–Crippen LogP) is 1.94. The van der Waals surface area contributed by atoms with Crippen molar-refractivity contribution in [2.24, 2.45) is 5.73 Å². The minimum Gasteiger partial charge on any atom is -0.325 e. The highest BCUT2D eigenvalue weighted by atomic mass is 32.1. The van der Waals surface area contributed by atoms with E-state index in [1.807, 2.05) is 5.51 Å². The first-order valence-electron chi connectivity index (χ1n) is 6.15. The molecule has 4 heteroatoms. The number of nitrogens with one attached hydrogen (secondary N) is 1. The molecule has 0 radical (unpaired) electrons.